The van der Waals surface area contributed by atoms with Crippen LogP contribution in [0.25, 0.3) is 11.3 Å². The van der Waals surface area contributed by atoms with Gasteiger partial charge in [0.1, 0.15) is 11.5 Å². The number of benzene rings is 2. The minimum atomic E-state index is -0.467. The Morgan fingerprint density at radius 2 is 2.04 bits per heavy atom. The Bertz CT molecular complexity index is 1050. The number of nitro benzene ring substituents is 1. The zero-order chi connectivity index (χ0) is 19.4. The predicted molar refractivity (Wildman–Crippen MR) is 113 cm³/mol. The molecule has 27 heavy (non-hydrogen) atoms. The van der Waals surface area contributed by atoms with Crippen LogP contribution in [0.15, 0.2) is 68.6 Å². The van der Waals surface area contributed by atoms with Gasteiger partial charge in [-0.05, 0) is 74.9 Å². The summed E-state index contributed by atoms with van der Waals surface area (Å²) in [5.74, 6) is 0.620. The second-order valence-corrected chi connectivity index (χ2v) is 7.43. The van der Waals surface area contributed by atoms with E-state index in [0.29, 0.717) is 27.1 Å². The number of carbonyl (C=O) groups excluding carboxylic acids is 1. The van der Waals surface area contributed by atoms with Gasteiger partial charge in [-0.25, -0.2) is 5.43 Å². The van der Waals surface area contributed by atoms with Crippen molar-refractivity contribution in [1.29, 1.82) is 0 Å². The second kappa shape index (κ2) is 8.44. The lowest BCUT2D eigenvalue weighted by Crippen LogP contribution is -2.17. The number of nitro groups is 1. The van der Waals surface area contributed by atoms with Gasteiger partial charge in [-0.1, -0.05) is 6.07 Å². The molecule has 0 spiro atoms. The Morgan fingerprint density at radius 3 is 2.74 bits per heavy atom. The summed E-state index contributed by atoms with van der Waals surface area (Å²) in [7, 11) is 0. The molecule has 0 fully saturated rings. The van der Waals surface area contributed by atoms with Crippen LogP contribution in [0, 0.1) is 13.7 Å². The maximum absolute atomic E-state index is 12.0. The van der Waals surface area contributed by atoms with Gasteiger partial charge in [0.2, 0.25) is 0 Å². The Balaban J connectivity index is 1.70. The molecule has 0 radical (unpaired) electrons. The third-order valence-electron chi connectivity index (χ3n) is 3.50. The highest BCUT2D eigenvalue weighted by Gasteiger charge is 2.13. The SMILES string of the molecule is O=C(N/N=C\c1ccc(-c2ccc([N+](=O)[O-])cc2Br)o1)c1cccc(I)c1. The third kappa shape index (κ3) is 4.80. The van der Waals surface area contributed by atoms with E-state index < -0.39 is 4.92 Å². The topological polar surface area (TPSA) is 97.7 Å². The van der Waals surface area contributed by atoms with Gasteiger partial charge in [-0.15, -0.1) is 0 Å². The number of hydrogen-bond acceptors (Lipinski definition) is 5. The van der Waals surface area contributed by atoms with E-state index in [1.807, 2.05) is 6.07 Å². The van der Waals surface area contributed by atoms with Gasteiger partial charge in [0.05, 0.1) is 11.1 Å². The predicted octanol–water partition coefficient (Wildman–Crippen LogP) is 4.99. The zero-order valence-corrected chi connectivity index (χ0v) is 17.3. The number of carbonyl (C=O) groups is 1. The highest BCUT2D eigenvalue weighted by molar-refractivity contribution is 14.1. The van der Waals surface area contributed by atoms with E-state index in [0.717, 1.165) is 3.57 Å². The molecule has 0 saturated carbocycles. The molecular weight excluding hydrogens is 529 g/mol. The smallest absolute Gasteiger partial charge is 0.271 e. The van der Waals surface area contributed by atoms with Crippen LogP contribution in [0.4, 0.5) is 5.69 Å². The van der Waals surface area contributed by atoms with Gasteiger partial charge in [0, 0.05) is 31.3 Å². The number of non-ortho nitro benzene ring substituents is 1. The van der Waals surface area contributed by atoms with Gasteiger partial charge in [0.25, 0.3) is 11.6 Å². The first-order chi connectivity index (χ1) is 12.9. The van der Waals surface area contributed by atoms with Crippen molar-refractivity contribution < 1.29 is 14.1 Å². The highest BCUT2D eigenvalue weighted by atomic mass is 127. The molecule has 7 nitrogen and oxygen atoms in total. The maximum Gasteiger partial charge on any atom is 0.271 e. The summed E-state index contributed by atoms with van der Waals surface area (Å²) >= 11 is 5.44. The van der Waals surface area contributed by atoms with Crippen molar-refractivity contribution in [3.05, 3.63) is 84.1 Å². The summed E-state index contributed by atoms with van der Waals surface area (Å²) in [6.07, 6.45) is 1.38. The van der Waals surface area contributed by atoms with Crippen LogP contribution < -0.4 is 5.43 Å². The van der Waals surface area contributed by atoms with Gasteiger partial charge in [-0.2, -0.15) is 5.10 Å². The molecule has 9 heteroatoms. The van der Waals surface area contributed by atoms with Crippen LogP contribution in [0.1, 0.15) is 16.1 Å². The standard InChI is InChI=1S/C18H11BrIN3O4/c19-16-9-13(23(25)26)4-6-15(16)17-7-5-14(27-17)10-21-22-18(24)11-2-1-3-12(20)8-11/h1-10H,(H,22,24)/b21-10-. The zero-order valence-electron chi connectivity index (χ0n) is 13.6. The Labute approximate surface area is 175 Å². The average molecular weight is 540 g/mol. The van der Waals surface area contributed by atoms with Crippen LogP contribution in [0.2, 0.25) is 0 Å². The number of halogens is 2. The van der Waals surface area contributed by atoms with E-state index in [9.17, 15) is 14.9 Å². The van der Waals surface area contributed by atoms with Crippen LogP contribution in [-0.2, 0) is 0 Å². The summed E-state index contributed by atoms with van der Waals surface area (Å²) < 4.78 is 7.15. The number of hydrazone groups is 1. The van der Waals surface area contributed by atoms with Crippen LogP contribution in [0.3, 0.4) is 0 Å². The number of hydrogen-bond donors (Lipinski definition) is 1. The van der Waals surface area contributed by atoms with E-state index in [1.165, 1.54) is 18.3 Å². The van der Waals surface area contributed by atoms with Crippen molar-refractivity contribution in [1.82, 2.24) is 5.43 Å². The van der Waals surface area contributed by atoms with E-state index in [1.54, 1.807) is 36.4 Å². The Kier molecular flexibility index (Phi) is 6.01. The van der Waals surface area contributed by atoms with Gasteiger partial charge in [-0.3, -0.25) is 14.9 Å². The molecule has 2 aromatic carbocycles. The fourth-order valence-electron chi connectivity index (χ4n) is 2.23. The molecule has 0 aliphatic rings. The first kappa shape index (κ1) is 19.2. The highest BCUT2D eigenvalue weighted by Crippen LogP contribution is 2.32. The molecule has 1 aromatic heterocycles. The summed E-state index contributed by atoms with van der Waals surface area (Å²) in [6, 6.07) is 14.9. The number of furan rings is 1. The monoisotopic (exact) mass is 539 g/mol. The molecule has 1 heterocycles. The van der Waals surface area contributed by atoms with Crippen molar-refractivity contribution in [2.24, 2.45) is 5.10 Å². The Hall–Kier alpha value is -2.53. The molecule has 0 atom stereocenters. The van der Waals surface area contributed by atoms with Crippen molar-refractivity contribution in [2.75, 3.05) is 0 Å². The third-order valence-corrected chi connectivity index (χ3v) is 4.83. The summed E-state index contributed by atoms with van der Waals surface area (Å²) in [4.78, 5) is 22.4. The second-order valence-electron chi connectivity index (χ2n) is 5.33. The lowest BCUT2D eigenvalue weighted by atomic mass is 10.1. The lowest BCUT2D eigenvalue weighted by molar-refractivity contribution is -0.384. The fraction of sp³-hybridized carbons (Fsp3) is 0. The van der Waals surface area contributed by atoms with Gasteiger partial charge >= 0.3 is 0 Å². The largest absolute Gasteiger partial charge is 0.455 e. The van der Waals surface area contributed by atoms with Gasteiger partial charge < -0.3 is 4.42 Å². The average Bonchev–Trinajstić information content (AvgIpc) is 3.10. The Morgan fingerprint density at radius 1 is 1.22 bits per heavy atom. The fourth-order valence-corrected chi connectivity index (χ4v) is 3.34. The van der Waals surface area contributed by atoms with Crippen molar-refractivity contribution in [3.8, 4) is 11.3 Å². The van der Waals surface area contributed by atoms with Gasteiger partial charge in [0.15, 0.2) is 0 Å². The molecule has 0 aliphatic carbocycles. The molecule has 0 bridgehead atoms. The first-order valence-electron chi connectivity index (χ1n) is 7.57. The number of nitrogens with zero attached hydrogens (tertiary/aromatic N) is 2. The summed E-state index contributed by atoms with van der Waals surface area (Å²) in [5, 5.41) is 14.7. The first-order valence-corrected chi connectivity index (χ1v) is 9.44. The molecule has 1 N–H and O–H groups in total. The van der Waals surface area contributed by atoms with E-state index in [4.69, 9.17) is 4.42 Å². The van der Waals surface area contributed by atoms with Crippen LogP contribution >= 0.6 is 38.5 Å². The quantitative estimate of drug-likeness (QED) is 0.214. The molecule has 0 saturated heterocycles. The molecule has 136 valence electrons. The van der Waals surface area contributed by atoms with Crippen molar-refractivity contribution in [3.63, 3.8) is 0 Å². The molecule has 3 rings (SSSR count). The van der Waals surface area contributed by atoms with Crippen LogP contribution in [0.5, 0.6) is 0 Å². The minimum Gasteiger partial charge on any atom is -0.455 e. The van der Waals surface area contributed by atoms with E-state index in [-0.39, 0.29) is 11.6 Å². The molecular formula is C18H11BrIN3O4. The molecule has 1 amide bonds. The van der Waals surface area contributed by atoms with Crippen LogP contribution in [-0.4, -0.2) is 17.0 Å². The number of rotatable bonds is 5. The lowest BCUT2D eigenvalue weighted by Gasteiger charge is -2.01. The molecule has 3 aromatic rings. The normalized spacial score (nSPS) is 10.9. The van der Waals surface area contributed by atoms with Crippen molar-refractivity contribution in [2.45, 2.75) is 0 Å². The maximum atomic E-state index is 12.0. The summed E-state index contributed by atoms with van der Waals surface area (Å²) in [5.41, 5.74) is 3.60. The number of nitrogens with one attached hydrogen (secondary N) is 1. The molecule has 0 unspecified atom stereocenters. The van der Waals surface area contributed by atoms with E-state index in [2.05, 4.69) is 49.0 Å². The van der Waals surface area contributed by atoms with Crippen molar-refractivity contribution >= 4 is 56.3 Å². The number of amides is 1. The summed E-state index contributed by atoms with van der Waals surface area (Å²) in [6.45, 7) is 0. The minimum absolute atomic E-state index is 0.0164. The molecule has 0 aliphatic heterocycles. The van der Waals surface area contributed by atoms with E-state index >= 15 is 0 Å².